The van der Waals surface area contributed by atoms with Crippen molar-refractivity contribution in [2.24, 2.45) is 0 Å². The second-order valence-electron chi connectivity index (χ2n) is 6.57. The highest BCUT2D eigenvalue weighted by Crippen LogP contribution is 2.47. The average molecular weight is 332 g/mol. The molecule has 1 saturated carbocycles. The number of fused-ring (bicyclic) bond motifs is 1. The van der Waals surface area contributed by atoms with E-state index in [0.717, 1.165) is 23.6 Å². The molecule has 1 amide bonds. The van der Waals surface area contributed by atoms with Gasteiger partial charge in [-0.05, 0) is 35.9 Å². The van der Waals surface area contributed by atoms with E-state index in [1.165, 1.54) is 5.56 Å². The average Bonchev–Trinajstić information content (AvgIpc) is 3.47. The molecule has 0 atom stereocenters. The summed E-state index contributed by atoms with van der Waals surface area (Å²) < 4.78 is 5.35. The van der Waals surface area contributed by atoms with Gasteiger partial charge in [0.05, 0.1) is 7.11 Å². The molecule has 2 aromatic carbocycles. The standard InChI is InChI=1S/C21H20N2O2/c1-25-20-17-10-6-5-7-15(17)13-18(23-20)19(24)22-14-21(11-12-21)16-8-3-2-4-9-16/h2-10,13H,11-12,14H2,1H3,(H,22,24). The number of methoxy groups -OCH3 is 1. The lowest BCUT2D eigenvalue weighted by molar-refractivity contribution is 0.0944. The lowest BCUT2D eigenvalue weighted by Gasteiger charge is -2.16. The third-order valence-electron chi connectivity index (χ3n) is 4.96. The molecule has 0 radical (unpaired) electrons. The Balaban J connectivity index is 1.55. The fourth-order valence-corrected chi connectivity index (χ4v) is 3.29. The normalized spacial score (nSPS) is 14.9. The molecule has 0 saturated heterocycles. The van der Waals surface area contributed by atoms with Crippen LogP contribution in [0.1, 0.15) is 28.9 Å². The Bertz CT molecular complexity index is 918. The van der Waals surface area contributed by atoms with E-state index in [9.17, 15) is 4.79 Å². The van der Waals surface area contributed by atoms with Crippen molar-refractivity contribution in [2.45, 2.75) is 18.3 Å². The van der Waals surface area contributed by atoms with Gasteiger partial charge in [-0.25, -0.2) is 4.98 Å². The molecule has 1 aromatic heterocycles. The molecule has 4 heteroatoms. The first kappa shape index (κ1) is 15.6. The van der Waals surface area contributed by atoms with Crippen molar-refractivity contribution in [1.82, 2.24) is 10.3 Å². The van der Waals surface area contributed by atoms with Crippen LogP contribution in [-0.4, -0.2) is 24.5 Å². The topological polar surface area (TPSA) is 51.2 Å². The highest BCUT2D eigenvalue weighted by Gasteiger charge is 2.44. The van der Waals surface area contributed by atoms with Gasteiger partial charge in [0.2, 0.25) is 5.88 Å². The van der Waals surface area contributed by atoms with Crippen LogP contribution in [0.2, 0.25) is 0 Å². The van der Waals surface area contributed by atoms with E-state index >= 15 is 0 Å². The zero-order chi connectivity index (χ0) is 17.3. The third kappa shape index (κ3) is 2.95. The molecule has 0 bridgehead atoms. The minimum atomic E-state index is -0.161. The van der Waals surface area contributed by atoms with Gasteiger partial charge in [0.1, 0.15) is 5.69 Å². The Hall–Kier alpha value is -2.88. The Morgan fingerprint density at radius 1 is 1.12 bits per heavy atom. The molecule has 4 nitrogen and oxygen atoms in total. The van der Waals surface area contributed by atoms with Gasteiger partial charge >= 0.3 is 0 Å². The zero-order valence-corrected chi connectivity index (χ0v) is 14.2. The first-order valence-electron chi connectivity index (χ1n) is 8.49. The van der Waals surface area contributed by atoms with Gasteiger partial charge in [-0.2, -0.15) is 0 Å². The SMILES string of the molecule is COc1nc(C(=O)NCC2(c3ccccc3)CC2)cc2ccccc12. The van der Waals surface area contributed by atoms with E-state index in [0.29, 0.717) is 18.1 Å². The van der Waals surface area contributed by atoms with Gasteiger partial charge in [-0.1, -0.05) is 48.5 Å². The maximum Gasteiger partial charge on any atom is 0.270 e. The molecule has 126 valence electrons. The van der Waals surface area contributed by atoms with Crippen molar-refractivity contribution in [3.8, 4) is 5.88 Å². The molecule has 0 spiro atoms. The number of ether oxygens (including phenoxy) is 1. The summed E-state index contributed by atoms with van der Waals surface area (Å²) in [6.45, 7) is 0.632. The number of carbonyl (C=O) groups excluding carboxylic acids is 1. The van der Waals surface area contributed by atoms with Crippen LogP contribution in [0.4, 0.5) is 0 Å². The number of nitrogens with one attached hydrogen (secondary N) is 1. The summed E-state index contributed by atoms with van der Waals surface area (Å²) in [6.07, 6.45) is 2.21. The van der Waals surface area contributed by atoms with Crippen molar-refractivity contribution < 1.29 is 9.53 Å². The van der Waals surface area contributed by atoms with E-state index in [4.69, 9.17) is 4.74 Å². The number of amides is 1. The molecule has 1 N–H and O–H groups in total. The molecule has 4 rings (SSSR count). The highest BCUT2D eigenvalue weighted by molar-refractivity contribution is 5.98. The van der Waals surface area contributed by atoms with Crippen LogP contribution in [-0.2, 0) is 5.41 Å². The molecule has 1 aliphatic carbocycles. The van der Waals surface area contributed by atoms with Crippen LogP contribution in [0.5, 0.6) is 5.88 Å². The highest BCUT2D eigenvalue weighted by atomic mass is 16.5. The summed E-state index contributed by atoms with van der Waals surface area (Å²) in [5, 5.41) is 4.91. The van der Waals surface area contributed by atoms with Gasteiger partial charge in [-0.3, -0.25) is 4.79 Å². The van der Waals surface area contributed by atoms with Crippen molar-refractivity contribution in [2.75, 3.05) is 13.7 Å². The number of hydrogen-bond acceptors (Lipinski definition) is 3. The van der Waals surface area contributed by atoms with Crippen LogP contribution < -0.4 is 10.1 Å². The van der Waals surface area contributed by atoms with Crippen LogP contribution >= 0.6 is 0 Å². The summed E-state index contributed by atoms with van der Waals surface area (Å²) in [5.74, 6) is 0.318. The molecule has 1 fully saturated rings. The molecule has 3 aromatic rings. The summed E-state index contributed by atoms with van der Waals surface area (Å²) in [6, 6.07) is 20.0. The number of benzene rings is 2. The molecular formula is C21H20N2O2. The van der Waals surface area contributed by atoms with Crippen molar-refractivity contribution in [3.05, 3.63) is 71.9 Å². The largest absolute Gasteiger partial charge is 0.481 e. The van der Waals surface area contributed by atoms with Gasteiger partial charge in [0.15, 0.2) is 0 Å². The predicted molar refractivity (Wildman–Crippen MR) is 98.0 cm³/mol. The summed E-state index contributed by atoms with van der Waals surface area (Å²) in [7, 11) is 1.57. The second kappa shape index (κ2) is 6.20. The number of nitrogens with zero attached hydrogens (tertiary/aromatic N) is 1. The first-order chi connectivity index (χ1) is 12.2. The maximum atomic E-state index is 12.6. The minimum Gasteiger partial charge on any atom is -0.481 e. The van der Waals surface area contributed by atoms with E-state index < -0.39 is 0 Å². The zero-order valence-electron chi connectivity index (χ0n) is 14.2. The summed E-state index contributed by atoms with van der Waals surface area (Å²) >= 11 is 0. The molecule has 0 aliphatic heterocycles. The lowest BCUT2D eigenvalue weighted by Crippen LogP contribution is -2.32. The number of aromatic nitrogens is 1. The fourth-order valence-electron chi connectivity index (χ4n) is 3.29. The van der Waals surface area contributed by atoms with Gasteiger partial charge in [-0.15, -0.1) is 0 Å². The minimum absolute atomic E-state index is 0.0812. The predicted octanol–water partition coefficient (Wildman–Crippen LogP) is 3.71. The quantitative estimate of drug-likeness (QED) is 0.775. The van der Waals surface area contributed by atoms with E-state index in [-0.39, 0.29) is 11.3 Å². The van der Waals surface area contributed by atoms with Gasteiger partial charge in [0, 0.05) is 17.3 Å². The molecular weight excluding hydrogens is 312 g/mol. The van der Waals surface area contributed by atoms with E-state index in [1.54, 1.807) is 7.11 Å². The van der Waals surface area contributed by atoms with Crippen molar-refractivity contribution in [1.29, 1.82) is 0 Å². The number of hydrogen-bond donors (Lipinski definition) is 1. The number of pyridine rings is 1. The fraction of sp³-hybridized carbons (Fsp3) is 0.238. The van der Waals surface area contributed by atoms with Crippen LogP contribution in [0.3, 0.4) is 0 Å². The van der Waals surface area contributed by atoms with Crippen LogP contribution in [0, 0.1) is 0 Å². The van der Waals surface area contributed by atoms with Crippen LogP contribution in [0.15, 0.2) is 60.7 Å². The number of carbonyl (C=O) groups is 1. The van der Waals surface area contributed by atoms with Gasteiger partial charge in [0.25, 0.3) is 5.91 Å². The monoisotopic (exact) mass is 332 g/mol. The Morgan fingerprint density at radius 2 is 1.84 bits per heavy atom. The Morgan fingerprint density at radius 3 is 2.56 bits per heavy atom. The lowest BCUT2D eigenvalue weighted by atomic mass is 9.96. The smallest absolute Gasteiger partial charge is 0.270 e. The Labute approximate surface area is 146 Å². The van der Waals surface area contributed by atoms with Crippen molar-refractivity contribution >= 4 is 16.7 Å². The summed E-state index contributed by atoms with van der Waals surface area (Å²) in [4.78, 5) is 17.0. The third-order valence-corrected chi connectivity index (χ3v) is 4.96. The van der Waals surface area contributed by atoms with Gasteiger partial charge < -0.3 is 10.1 Å². The maximum absolute atomic E-state index is 12.6. The van der Waals surface area contributed by atoms with E-state index in [2.05, 4.69) is 22.4 Å². The molecule has 1 heterocycles. The van der Waals surface area contributed by atoms with Crippen molar-refractivity contribution in [3.63, 3.8) is 0 Å². The summed E-state index contributed by atoms with van der Waals surface area (Å²) in [5.41, 5.74) is 1.76. The van der Waals surface area contributed by atoms with E-state index in [1.807, 2.05) is 48.5 Å². The number of rotatable bonds is 5. The second-order valence-corrected chi connectivity index (χ2v) is 6.57. The first-order valence-corrected chi connectivity index (χ1v) is 8.49. The van der Waals surface area contributed by atoms with Crippen LogP contribution in [0.25, 0.3) is 10.8 Å². The molecule has 1 aliphatic rings. The Kier molecular flexibility index (Phi) is 3.88. The molecule has 25 heavy (non-hydrogen) atoms. The molecule has 0 unspecified atom stereocenters.